The summed E-state index contributed by atoms with van der Waals surface area (Å²) in [4.78, 5) is 0. The van der Waals surface area contributed by atoms with Gasteiger partial charge in [-0.2, -0.15) is 0 Å². The fraction of sp³-hybridized carbons (Fsp3) is 0.143. The Labute approximate surface area is 99.6 Å². The average molecular weight is 230 g/mol. The molecule has 0 unspecified atom stereocenters. The number of rotatable bonds is 2. The van der Waals surface area contributed by atoms with Crippen LogP contribution in [-0.4, -0.2) is 15.3 Å². The zero-order valence-corrected chi connectivity index (χ0v) is 9.51. The van der Waals surface area contributed by atoms with Gasteiger partial charge in [-0.25, -0.2) is 0 Å². The van der Waals surface area contributed by atoms with E-state index in [2.05, 4.69) is 0 Å². The highest BCUT2D eigenvalue weighted by atomic mass is 16.3. The van der Waals surface area contributed by atoms with E-state index in [1.54, 1.807) is 12.1 Å². The molecule has 0 aliphatic rings. The quantitative estimate of drug-likeness (QED) is 0.695. The van der Waals surface area contributed by atoms with Crippen LogP contribution < -0.4 is 0 Å². The van der Waals surface area contributed by atoms with Gasteiger partial charge in [-0.3, -0.25) is 0 Å². The first-order valence-electron chi connectivity index (χ1n) is 5.35. The SMILES string of the molecule is Cc1ccc(Cc2ccc(O)c(O)c2)cc1O. The maximum absolute atomic E-state index is 9.59. The molecular weight excluding hydrogens is 216 g/mol. The molecule has 2 aromatic carbocycles. The molecule has 0 saturated heterocycles. The van der Waals surface area contributed by atoms with Crippen molar-refractivity contribution in [3.63, 3.8) is 0 Å². The topological polar surface area (TPSA) is 60.7 Å². The van der Waals surface area contributed by atoms with E-state index < -0.39 is 0 Å². The van der Waals surface area contributed by atoms with Crippen LogP contribution in [0.1, 0.15) is 16.7 Å². The Kier molecular flexibility index (Phi) is 2.91. The van der Waals surface area contributed by atoms with Gasteiger partial charge in [0.15, 0.2) is 11.5 Å². The second-order valence-electron chi connectivity index (χ2n) is 4.12. The highest BCUT2D eigenvalue weighted by Crippen LogP contribution is 2.27. The lowest BCUT2D eigenvalue weighted by Gasteiger charge is -2.06. The summed E-state index contributed by atoms with van der Waals surface area (Å²) in [6.45, 7) is 1.84. The Bertz CT molecular complexity index is 498. The minimum atomic E-state index is -0.126. The van der Waals surface area contributed by atoms with E-state index in [4.69, 9.17) is 0 Å². The highest BCUT2D eigenvalue weighted by Gasteiger charge is 2.03. The molecule has 3 N–H and O–H groups in total. The summed E-state index contributed by atoms with van der Waals surface area (Å²) >= 11 is 0. The summed E-state index contributed by atoms with van der Waals surface area (Å²) in [5.41, 5.74) is 2.67. The predicted molar refractivity (Wildman–Crippen MR) is 65.4 cm³/mol. The number of phenolic OH excluding ortho intramolecular Hbond substituents is 3. The number of phenols is 3. The molecule has 0 atom stereocenters. The smallest absolute Gasteiger partial charge is 0.157 e. The van der Waals surface area contributed by atoms with E-state index >= 15 is 0 Å². The van der Waals surface area contributed by atoms with Crippen LogP contribution in [0, 0.1) is 6.92 Å². The Morgan fingerprint density at radius 2 is 1.35 bits per heavy atom. The van der Waals surface area contributed by atoms with Gasteiger partial charge in [0, 0.05) is 0 Å². The Morgan fingerprint density at radius 3 is 1.94 bits per heavy atom. The molecule has 0 radical (unpaired) electrons. The van der Waals surface area contributed by atoms with E-state index in [0.717, 1.165) is 16.7 Å². The van der Waals surface area contributed by atoms with Gasteiger partial charge in [-0.1, -0.05) is 18.2 Å². The number of hydrogen-bond donors (Lipinski definition) is 3. The summed E-state index contributed by atoms with van der Waals surface area (Å²) < 4.78 is 0. The summed E-state index contributed by atoms with van der Waals surface area (Å²) in [6, 6.07) is 10.2. The van der Waals surface area contributed by atoms with Gasteiger partial charge in [-0.15, -0.1) is 0 Å². The molecule has 0 spiro atoms. The molecule has 0 bridgehead atoms. The van der Waals surface area contributed by atoms with Gasteiger partial charge < -0.3 is 15.3 Å². The predicted octanol–water partition coefficient (Wildman–Crippen LogP) is 2.70. The molecule has 0 amide bonds. The van der Waals surface area contributed by atoms with Crippen molar-refractivity contribution in [3.05, 3.63) is 53.1 Å². The summed E-state index contributed by atoms with van der Waals surface area (Å²) in [6.07, 6.45) is 0.599. The zero-order chi connectivity index (χ0) is 12.4. The molecule has 17 heavy (non-hydrogen) atoms. The highest BCUT2D eigenvalue weighted by molar-refractivity contribution is 5.43. The maximum Gasteiger partial charge on any atom is 0.157 e. The van der Waals surface area contributed by atoms with Crippen molar-refractivity contribution in [2.24, 2.45) is 0 Å². The van der Waals surface area contributed by atoms with E-state index in [1.165, 1.54) is 12.1 Å². The molecule has 0 heterocycles. The van der Waals surface area contributed by atoms with Crippen LogP contribution in [0.2, 0.25) is 0 Å². The minimum Gasteiger partial charge on any atom is -0.508 e. The molecule has 0 fully saturated rings. The van der Waals surface area contributed by atoms with Gasteiger partial charge >= 0.3 is 0 Å². The van der Waals surface area contributed by atoms with Gasteiger partial charge in [0.25, 0.3) is 0 Å². The van der Waals surface area contributed by atoms with Crippen LogP contribution in [0.4, 0.5) is 0 Å². The molecule has 0 saturated carbocycles. The summed E-state index contributed by atoms with van der Waals surface area (Å²) in [5.74, 6) is 0.0184. The molecule has 3 heteroatoms. The van der Waals surface area contributed by atoms with E-state index in [9.17, 15) is 15.3 Å². The number of aromatic hydroxyl groups is 3. The third-order valence-corrected chi connectivity index (χ3v) is 2.72. The van der Waals surface area contributed by atoms with Crippen LogP contribution in [0.3, 0.4) is 0 Å². The second-order valence-corrected chi connectivity index (χ2v) is 4.12. The standard InChI is InChI=1S/C14H14O3/c1-9-2-3-10(7-13(9)16)6-11-4-5-12(15)14(17)8-11/h2-5,7-8,15-17H,6H2,1H3. The fourth-order valence-electron chi connectivity index (χ4n) is 1.68. The molecular formula is C14H14O3. The summed E-state index contributed by atoms with van der Waals surface area (Å²) in [7, 11) is 0. The molecule has 0 aromatic heterocycles. The molecule has 0 aliphatic heterocycles. The van der Waals surface area contributed by atoms with Crippen molar-refractivity contribution >= 4 is 0 Å². The third kappa shape index (κ3) is 2.50. The third-order valence-electron chi connectivity index (χ3n) is 2.72. The molecule has 2 rings (SSSR count). The van der Waals surface area contributed by atoms with Crippen LogP contribution >= 0.6 is 0 Å². The number of benzene rings is 2. The van der Waals surface area contributed by atoms with Gasteiger partial charge in [0.1, 0.15) is 5.75 Å². The van der Waals surface area contributed by atoms with E-state index in [-0.39, 0.29) is 17.2 Å². The Morgan fingerprint density at radius 1 is 0.765 bits per heavy atom. The van der Waals surface area contributed by atoms with Gasteiger partial charge in [0.2, 0.25) is 0 Å². The summed E-state index contributed by atoms with van der Waals surface area (Å²) in [5, 5.41) is 28.2. The Balaban J connectivity index is 2.25. The first kappa shape index (κ1) is 11.3. The first-order chi connectivity index (χ1) is 8.06. The maximum atomic E-state index is 9.59. The number of aryl methyl sites for hydroxylation is 1. The van der Waals surface area contributed by atoms with Crippen molar-refractivity contribution in [1.29, 1.82) is 0 Å². The van der Waals surface area contributed by atoms with Crippen molar-refractivity contribution in [1.82, 2.24) is 0 Å². The lowest BCUT2D eigenvalue weighted by molar-refractivity contribution is 0.403. The normalized spacial score (nSPS) is 10.4. The zero-order valence-electron chi connectivity index (χ0n) is 9.51. The van der Waals surface area contributed by atoms with Crippen LogP contribution in [0.15, 0.2) is 36.4 Å². The lowest BCUT2D eigenvalue weighted by Crippen LogP contribution is -1.88. The Hall–Kier alpha value is -2.16. The van der Waals surface area contributed by atoms with Crippen LogP contribution in [0.5, 0.6) is 17.2 Å². The molecule has 88 valence electrons. The monoisotopic (exact) mass is 230 g/mol. The van der Waals surface area contributed by atoms with Crippen molar-refractivity contribution in [2.75, 3.05) is 0 Å². The molecule has 2 aromatic rings. The molecule has 0 aliphatic carbocycles. The van der Waals surface area contributed by atoms with Crippen molar-refractivity contribution < 1.29 is 15.3 Å². The van der Waals surface area contributed by atoms with E-state index in [1.807, 2.05) is 19.1 Å². The largest absolute Gasteiger partial charge is 0.508 e. The van der Waals surface area contributed by atoms with Crippen molar-refractivity contribution in [2.45, 2.75) is 13.3 Å². The fourth-order valence-corrected chi connectivity index (χ4v) is 1.68. The lowest BCUT2D eigenvalue weighted by atomic mass is 10.0. The van der Waals surface area contributed by atoms with Gasteiger partial charge in [-0.05, 0) is 48.2 Å². The van der Waals surface area contributed by atoms with Crippen LogP contribution in [0.25, 0.3) is 0 Å². The van der Waals surface area contributed by atoms with Crippen LogP contribution in [-0.2, 0) is 6.42 Å². The second kappa shape index (κ2) is 4.37. The number of hydrogen-bond acceptors (Lipinski definition) is 3. The van der Waals surface area contributed by atoms with E-state index in [0.29, 0.717) is 6.42 Å². The minimum absolute atomic E-state index is 0.125. The molecule has 3 nitrogen and oxygen atoms in total. The van der Waals surface area contributed by atoms with Crippen molar-refractivity contribution in [3.8, 4) is 17.2 Å². The first-order valence-corrected chi connectivity index (χ1v) is 5.35. The van der Waals surface area contributed by atoms with Gasteiger partial charge in [0.05, 0.1) is 0 Å². The average Bonchev–Trinajstić information content (AvgIpc) is 2.29.